The Bertz CT molecular complexity index is 731. The molecule has 162 valence electrons. The average Bonchev–Trinajstić information content (AvgIpc) is 2.72. The molecular weight excluding hydrogens is 418 g/mol. The summed E-state index contributed by atoms with van der Waals surface area (Å²) in [7, 11) is 1.61. The first-order valence-electron chi connectivity index (χ1n) is 9.30. The Labute approximate surface area is 184 Å². The zero-order chi connectivity index (χ0) is 18.9. The van der Waals surface area contributed by atoms with E-state index < -0.39 is 0 Å². The highest BCUT2D eigenvalue weighted by Gasteiger charge is 2.10. The molecule has 0 unspecified atom stereocenters. The summed E-state index contributed by atoms with van der Waals surface area (Å²) in [5.74, 6) is 0.995. The fraction of sp³-hybridized carbons (Fsp3) is 0.429. The number of nitrogens with one attached hydrogen (secondary N) is 1. The van der Waals surface area contributed by atoms with Crippen LogP contribution < -0.4 is 39.6 Å². The summed E-state index contributed by atoms with van der Waals surface area (Å²) >= 11 is 0. The zero-order valence-electron chi connectivity index (χ0n) is 16.5. The van der Waals surface area contributed by atoms with Crippen LogP contribution in [0.1, 0.15) is 11.1 Å². The Morgan fingerprint density at radius 1 is 1.07 bits per heavy atom. The van der Waals surface area contributed by atoms with E-state index in [0.717, 1.165) is 51.5 Å². The first-order chi connectivity index (χ1) is 13.3. The highest BCUT2D eigenvalue weighted by Crippen LogP contribution is 2.29. The van der Waals surface area contributed by atoms with Crippen molar-refractivity contribution in [2.75, 3.05) is 46.5 Å². The molecule has 0 saturated carbocycles. The van der Waals surface area contributed by atoms with Crippen molar-refractivity contribution in [1.29, 1.82) is 0 Å². The Balaban J connectivity index is 0.00000210. The fourth-order valence-electron chi connectivity index (χ4n) is 3.01. The third-order valence-corrected chi connectivity index (χ3v) is 4.61. The summed E-state index contributed by atoms with van der Waals surface area (Å²) in [5, 5.41) is 3.46. The van der Waals surface area contributed by atoms with Gasteiger partial charge in [-0.2, -0.15) is 0 Å². The summed E-state index contributed by atoms with van der Waals surface area (Å²) < 4.78 is 30.3. The van der Waals surface area contributed by atoms with Gasteiger partial charge in [-0.1, -0.05) is 24.3 Å². The van der Waals surface area contributed by atoms with Crippen molar-refractivity contribution in [1.82, 2.24) is 10.2 Å². The standard InChI is InChI=1S/C21H27FN2O3.2ClH/c1-25-21-14-17(15-23-8-9-24-10-12-26-13-11-24)6-7-20(21)27-16-18-4-2-3-5-19(18)22;;/h2-7,14,23H,8-13,15-16H2,1H3;2*1H/p-2. The molecule has 1 N–H and O–H groups in total. The van der Waals surface area contributed by atoms with Crippen LogP contribution in [0, 0.1) is 5.82 Å². The molecule has 2 aromatic rings. The van der Waals surface area contributed by atoms with Gasteiger partial charge in [0.05, 0.1) is 20.3 Å². The lowest BCUT2D eigenvalue weighted by Gasteiger charge is -2.26. The molecule has 1 aliphatic heterocycles. The third-order valence-electron chi connectivity index (χ3n) is 4.61. The first kappa shape index (κ1) is 25.5. The van der Waals surface area contributed by atoms with Crippen LogP contribution in [0.15, 0.2) is 42.5 Å². The molecular formula is C21H27Cl2FN2O3-2. The minimum absolute atomic E-state index is 0. The second kappa shape index (κ2) is 13.6. The van der Waals surface area contributed by atoms with Gasteiger partial charge in [0.15, 0.2) is 11.5 Å². The van der Waals surface area contributed by atoms with Crippen LogP contribution in [0.4, 0.5) is 4.39 Å². The molecule has 5 nitrogen and oxygen atoms in total. The van der Waals surface area contributed by atoms with Gasteiger partial charge in [-0.25, -0.2) is 4.39 Å². The molecule has 0 radical (unpaired) electrons. The number of hydrogen-bond acceptors (Lipinski definition) is 5. The molecule has 8 heteroatoms. The number of rotatable bonds is 9. The lowest BCUT2D eigenvalue weighted by atomic mass is 10.2. The van der Waals surface area contributed by atoms with Crippen molar-refractivity contribution < 1.29 is 43.4 Å². The van der Waals surface area contributed by atoms with Crippen molar-refractivity contribution >= 4 is 0 Å². The molecule has 1 saturated heterocycles. The minimum atomic E-state index is -0.266. The van der Waals surface area contributed by atoms with Crippen molar-refractivity contribution in [3.05, 3.63) is 59.4 Å². The zero-order valence-corrected chi connectivity index (χ0v) is 18.0. The van der Waals surface area contributed by atoms with Crippen LogP contribution in [0.5, 0.6) is 11.5 Å². The Morgan fingerprint density at radius 2 is 1.83 bits per heavy atom. The SMILES string of the molecule is COc1cc(CNCCN2CCOCC2)ccc1OCc1ccccc1F.[Cl-].[Cl-]. The van der Waals surface area contributed by atoms with Crippen molar-refractivity contribution in [2.24, 2.45) is 0 Å². The number of methoxy groups -OCH3 is 1. The molecule has 3 rings (SSSR count). The van der Waals surface area contributed by atoms with E-state index in [4.69, 9.17) is 14.2 Å². The Morgan fingerprint density at radius 3 is 2.55 bits per heavy atom. The van der Waals surface area contributed by atoms with Crippen LogP contribution in [-0.4, -0.2) is 51.4 Å². The third kappa shape index (κ3) is 7.99. The average molecular weight is 445 g/mol. The minimum Gasteiger partial charge on any atom is -1.00 e. The molecule has 0 atom stereocenters. The van der Waals surface area contributed by atoms with Crippen LogP contribution in [0.3, 0.4) is 0 Å². The highest BCUT2D eigenvalue weighted by molar-refractivity contribution is 5.43. The van der Waals surface area contributed by atoms with Gasteiger partial charge in [-0.3, -0.25) is 4.90 Å². The van der Waals surface area contributed by atoms with Gasteiger partial charge >= 0.3 is 0 Å². The monoisotopic (exact) mass is 444 g/mol. The number of nitrogens with zero attached hydrogens (tertiary/aromatic N) is 1. The van der Waals surface area contributed by atoms with Gasteiger partial charge in [0.25, 0.3) is 0 Å². The predicted molar refractivity (Wildman–Crippen MR) is 103 cm³/mol. The summed E-state index contributed by atoms with van der Waals surface area (Å²) in [4.78, 5) is 2.40. The largest absolute Gasteiger partial charge is 1.00 e. The molecule has 1 heterocycles. The van der Waals surface area contributed by atoms with E-state index in [2.05, 4.69) is 10.2 Å². The molecule has 0 spiro atoms. The van der Waals surface area contributed by atoms with Gasteiger partial charge in [0.1, 0.15) is 12.4 Å². The number of hydrogen-bond donors (Lipinski definition) is 1. The van der Waals surface area contributed by atoms with Crippen molar-refractivity contribution in [3.8, 4) is 11.5 Å². The summed E-state index contributed by atoms with van der Waals surface area (Å²) in [6, 6.07) is 12.4. The quantitative estimate of drug-likeness (QED) is 0.413. The van der Waals surface area contributed by atoms with E-state index in [1.165, 1.54) is 6.07 Å². The molecule has 1 fully saturated rings. The number of ether oxygens (including phenoxy) is 3. The van der Waals surface area contributed by atoms with Crippen LogP contribution in [0.2, 0.25) is 0 Å². The second-order valence-electron chi connectivity index (χ2n) is 6.50. The topological polar surface area (TPSA) is 43.0 Å². The van der Waals surface area contributed by atoms with Gasteiger partial charge in [-0.05, 0) is 23.8 Å². The van der Waals surface area contributed by atoms with Gasteiger partial charge in [0.2, 0.25) is 0 Å². The molecule has 0 aromatic heterocycles. The molecule has 2 aromatic carbocycles. The summed E-state index contributed by atoms with van der Waals surface area (Å²) in [6.07, 6.45) is 0. The van der Waals surface area contributed by atoms with E-state index in [0.29, 0.717) is 17.1 Å². The van der Waals surface area contributed by atoms with Gasteiger partial charge in [-0.15, -0.1) is 0 Å². The summed E-state index contributed by atoms with van der Waals surface area (Å²) in [6.45, 7) is 6.52. The number of halogens is 3. The number of benzene rings is 2. The maximum absolute atomic E-state index is 13.7. The Kier molecular flexibility index (Phi) is 12.0. The maximum Gasteiger partial charge on any atom is 0.161 e. The van der Waals surface area contributed by atoms with Crippen molar-refractivity contribution in [2.45, 2.75) is 13.2 Å². The molecule has 0 aliphatic carbocycles. The van der Waals surface area contributed by atoms with E-state index in [-0.39, 0.29) is 37.2 Å². The van der Waals surface area contributed by atoms with Gasteiger partial charge in [0, 0.05) is 38.3 Å². The normalized spacial score (nSPS) is 13.9. The van der Waals surface area contributed by atoms with Crippen molar-refractivity contribution in [3.63, 3.8) is 0 Å². The highest BCUT2D eigenvalue weighted by atomic mass is 35.5. The lowest BCUT2D eigenvalue weighted by Crippen LogP contribution is -3.00. The van der Waals surface area contributed by atoms with Gasteiger partial charge < -0.3 is 44.3 Å². The molecule has 29 heavy (non-hydrogen) atoms. The van der Waals surface area contributed by atoms with E-state index in [9.17, 15) is 4.39 Å². The van der Waals surface area contributed by atoms with E-state index in [1.54, 1.807) is 25.3 Å². The predicted octanol–water partition coefficient (Wildman–Crippen LogP) is -3.16. The van der Waals surface area contributed by atoms with Crippen LogP contribution >= 0.6 is 0 Å². The maximum atomic E-state index is 13.7. The second-order valence-corrected chi connectivity index (χ2v) is 6.50. The smallest absolute Gasteiger partial charge is 0.161 e. The lowest BCUT2D eigenvalue weighted by molar-refractivity contribution is -0.00100. The number of morpholine rings is 1. The molecule has 1 aliphatic rings. The fourth-order valence-corrected chi connectivity index (χ4v) is 3.01. The first-order valence-corrected chi connectivity index (χ1v) is 9.30. The van der Waals surface area contributed by atoms with E-state index >= 15 is 0 Å². The van der Waals surface area contributed by atoms with Crippen LogP contribution in [-0.2, 0) is 17.9 Å². The molecule has 0 amide bonds. The molecule has 0 bridgehead atoms. The van der Waals surface area contributed by atoms with E-state index in [1.807, 2.05) is 18.2 Å². The summed E-state index contributed by atoms with van der Waals surface area (Å²) in [5.41, 5.74) is 1.64. The Hall–Kier alpha value is -1.57. The van der Waals surface area contributed by atoms with Crippen LogP contribution in [0.25, 0.3) is 0 Å².